The van der Waals surface area contributed by atoms with Crippen LogP contribution in [-0.4, -0.2) is 46.0 Å². The summed E-state index contributed by atoms with van der Waals surface area (Å²) in [6.07, 6.45) is 5.84. The summed E-state index contributed by atoms with van der Waals surface area (Å²) in [6.45, 7) is 2.51. The van der Waals surface area contributed by atoms with Crippen LogP contribution >= 0.6 is 11.3 Å². The van der Waals surface area contributed by atoms with E-state index in [1.807, 2.05) is 11.4 Å². The molecule has 3 heterocycles. The van der Waals surface area contributed by atoms with E-state index in [-0.39, 0.29) is 18.2 Å². The Morgan fingerprint density at radius 2 is 2.21 bits per heavy atom. The molecule has 0 saturated carbocycles. The Morgan fingerprint density at radius 3 is 3.07 bits per heavy atom. The molecule has 0 spiro atoms. The third-order valence-corrected chi connectivity index (χ3v) is 6.47. The van der Waals surface area contributed by atoms with Crippen molar-refractivity contribution < 1.29 is 9.59 Å². The van der Waals surface area contributed by atoms with Crippen LogP contribution in [0.15, 0.2) is 17.5 Å². The number of thiophene rings is 1. The average molecular weight is 402 g/mol. The van der Waals surface area contributed by atoms with E-state index in [0.29, 0.717) is 19.6 Å². The second-order valence-electron chi connectivity index (χ2n) is 7.53. The maximum atomic E-state index is 12.6. The fraction of sp³-hybridized carbons (Fsp3) is 0.550. The Morgan fingerprint density at radius 1 is 1.32 bits per heavy atom. The first-order valence-electron chi connectivity index (χ1n) is 10.1. The lowest BCUT2D eigenvalue weighted by atomic mass is 10.1. The van der Waals surface area contributed by atoms with Gasteiger partial charge in [0.25, 0.3) is 0 Å². The van der Waals surface area contributed by atoms with E-state index in [4.69, 9.17) is 0 Å². The molecule has 0 unspecified atom stereocenters. The molecule has 2 aromatic heterocycles. The molecule has 8 heteroatoms. The molecular formula is C20H27N5O2S. The number of piperazine rings is 1. The van der Waals surface area contributed by atoms with Crippen LogP contribution in [0.4, 0.5) is 0 Å². The van der Waals surface area contributed by atoms with Gasteiger partial charge < -0.3 is 10.6 Å². The largest absolute Gasteiger partial charge is 0.353 e. The lowest BCUT2D eigenvalue weighted by molar-refractivity contribution is -0.134. The Kier molecular flexibility index (Phi) is 6.07. The van der Waals surface area contributed by atoms with Crippen molar-refractivity contribution in [3.8, 4) is 0 Å². The molecule has 1 aliphatic heterocycles. The number of hydrogen-bond donors (Lipinski definition) is 3. The fourth-order valence-electron chi connectivity index (χ4n) is 4.08. The van der Waals surface area contributed by atoms with Crippen LogP contribution in [-0.2, 0) is 35.5 Å². The minimum absolute atomic E-state index is 0.0633. The summed E-state index contributed by atoms with van der Waals surface area (Å²) >= 11 is 1.68. The van der Waals surface area contributed by atoms with Crippen molar-refractivity contribution in [3.63, 3.8) is 0 Å². The number of rotatable bonds is 6. The van der Waals surface area contributed by atoms with Crippen LogP contribution in [0.25, 0.3) is 0 Å². The predicted molar refractivity (Wildman–Crippen MR) is 108 cm³/mol. The third-order valence-electron chi connectivity index (χ3n) is 5.60. The van der Waals surface area contributed by atoms with Crippen molar-refractivity contribution in [2.75, 3.05) is 13.1 Å². The highest BCUT2D eigenvalue weighted by molar-refractivity contribution is 7.09. The second kappa shape index (κ2) is 8.87. The molecule has 150 valence electrons. The lowest BCUT2D eigenvalue weighted by Gasteiger charge is -2.34. The molecule has 1 atom stereocenters. The van der Waals surface area contributed by atoms with Gasteiger partial charge in [0.2, 0.25) is 11.8 Å². The zero-order valence-electron chi connectivity index (χ0n) is 16.0. The standard InChI is InChI=1S/C20H27N5O2S/c26-19(22-12-17-15-6-2-1-3-7-16(15)23-24-17)11-18-20(27)21-8-9-25(18)13-14-5-4-10-28-14/h4-5,10,18H,1-3,6-9,11-13H2,(H,21,27)(H,22,26)(H,23,24)/t18-/m0/s1. The first kappa shape index (κ1) is 19.1. The summed E-state index contributed by atoms with van der Waals surface area (Å²) < 4.78 is 0. The minimum Gasteiger partial charge on any atom is -0.353 e. The molecule has 1 fully saturated rings. The van der Waals surface area contributed by atoms with E-state index in [1.165, 1.54) is 35.4 Å². The maximum Gasteiger partial charge on any atom is 0.237 e. The summed E-state index contributed by atoms with van der Waals surface area (Å²) in [6, 6.07) is 3.66. The third kappa shape index (κ3) is 4.44. The Balaban J connectivity index is 1.35. The van der Waals surface area contributed by atoms with Crippen molar-refractivity contribution >= 4 is 23.2 Å². The van der Waals surface area contributed by atoms with Crippen molar-refractivity contribution in [2.45, 2.75) is 57.7 Å². The number of hydrogen-bond acceptors (Lipinski definition) is 5. The average Bonchev–Trinajstić information content (AvgIpc) is 3.27. The number of amides is 2. The van der Waals surface area contributed by atoms with Gasteiger partial charge in [0.1, 0.15) is 0 Å². The van der Waals surface area contributed by atoms with Crippen LogP contribution in [0, 0.1) is 0 Å². The zero-order valence-corrected chi connectivity index (χ0v) is 16.8. The van der Waals surface area contributed by atoms with Gasteiger partial charge in [-0.05, 0) is 42.7 Å². The molecule has 0 bridgehead atoms. The summed E-state index contributed by atoms with van der Waals surface area (Å²) in [4.78, 5) is 28.3. The number of aryl methyl sites for hydroxylation is 1. The van der Waals surface area contributed by atoms with Crippen molar-refractivity contribution in [1.82, 2.24) is 25.7 Å². The molecule has 2 aromatic rings. The van der Waals surface area contributed by atoms with Crippen LogP contribution in [0.3, 0.4) is 0 Å². The molecule has 28 heavy (non-hydrogen) atoms. The summed E-state index contributed by atoms with van der Waals surface area (Å²) in [5.74, 6) is -0.171. The van der Waals surface area contributed by atoms with Crippen molar-refractivity contribution in [3.05, 3.63) is 39.3 Å². The summed E-state index contributed by atoms with van der Waals surface area (Å²) in [5, 5.41) is 15.5. The lowest BCUT2D eigenvalue weighted by Crippen LogP contribution is -2.56. The quantitative estimate of drug-likeness (QED) is 0.643. The van der Waals surface area contributed by atoms with E-state index >= 15 is 0 Å². The molecule has 3 N–H and O–H groups in total. The van der Waals surface area contributed by atoms with Crippen molar-refractivity contribution in [1.29, 1.82) is 0 Å². The number of fused-ring (bicyclic) bond motifs is 1. The van der Waals surface area contributed by atoms with Gasteiger partial charge in [-0.25, -0.2) is 0 Å². The van der Waals surface area contributed by atoms with Crippen LogP contribution in [0.2, 0.25) is 0 Å². The van der Waals surface area contributed by atoms with Gasteiger partial charge in [0, 0.05) is 30.2 Å². The Hall–Kier alpha value is -2.19. The summed E-state index contributed by atoms with van der Waals surface area (Å²) in [7, 11) is 0. The molecular weight excluding hydrogens is 374 g/mol. The van der Waals surface area contributed by atoms with E-state index < -0.39 is 6.04 Å². The predicted octanol–water partition coefficient (Wildman–Crippen LogP) is 1.75. The number of nitrogens with one attached hydrogen (secondary N) is 3. The Bertz CT molecular complexity index is 817. The highest BCUT2D eigenvalue weighted by Gasteiger charge is 2.31. The van der Waals surface area contributed by atoms with Gasteiger partial charge in [0.15, 0.2) is 0 Å². The van der Waals surface area contributed by atoms with E-state index in [9.17, 15) is 9.59 Å². The molecule has 0 aromatic carbocycles. The highest BCUT2D eigenvalue weighted by Crippen LogP contribution is 2.22. The van der Waals surface area contributed by atoms with Gasteiger partial charge in [0.05, 0.1) is 24.7 Å². The van der Waals surface area contributed by atoms with E-state index in [1.54, 1.807) is 11.3 Å². The molecule has 1 aliphatic carbocycles. The minimum atomic E-state index is -0.424. The number of aromatic amines is 1. The van der Waals surface area contributed by atoms with Gasteiger partial charge in [-0.2, -0.15) is 5.10 Å². The maximum absolute atomic E-state index is 12.6. The molecule has 2 aliphatic rings. The number of aromatic nitrogens is 2. The molecule has 1 saturated heterocycles. The van der Waals surface area contributed by atoms with Gasteiger partial charge in [-0.3, -0.25) is 19.6 Å². The normalized spacial score (nSPS) is 20.3. The second-order valence-corrected chi connectivity index (χ2v) is 8.56. The van der Waals surface area contributed by atoms with Crippen LogP contribution in [0.1, 0.15) is 47.5 Å². The van der Waals surface area contributed by atoms with E-state index in [0.717, 1.165) is 25.1 Å². The molecule has 4 rings (SSSR count). The number of carbonyl (C=O) groups is 2. The SMILES string of the molecule is O=C(C[C@H]1C(=O)NCCN1Cc1cccs1)NCc1n[nH]c2c1CCCCC2. The van der Waals surface area contributed by atoms with E-state index in [2.05, 4.69) is 31.8 Å². The smallest absolute Gasteiger partial charge is 0.237 e. The number of carbonyl (C=O) groups excluding carboxylic acids is 2. The van der Waals surface area contributed by atoms with Gasteiger partial charge in [-0.15, -0.1) is 11.3 Å². The molecule has 2 amide bonds. The number of H-pyrrole nitrogens is 1. The Labute approximate surface area is 168 Å². The first-order chi connectivity index (χ1) is 13.7. The first-order valence-corrected chi connectivity index (χ1v) is 10.9. The van der Waals surface area contributed by atoms with Gasteiger partial charge in [-0.1, -0.05) is 12.5 Å². The van der Waals surface area contributed by atoms with Gasteiger partial charge >= 0.3 is 0 Å². The number of nitrogens with zero attached hydrogens (tertiary/aromatic N) is 2. The summed E-state index contributed by atoms with van der Waals surface area (Å²) in [5.41, 5.74) is 3.43. The molecule has 7 nitrogen and oxygen atoms in total. The van der Waals surface area contributed by atoms with Crippen LogP contribution in [0.5, 0.6) is 0 Å². The van der Waals surface area contributed by atoms with Crippen LogP contribution < -0.4 is 10.6 Å². The van der Waals surface area contributed by atoms with Crippen molar-refractivity contribution in [2.24, 2.45) is 0 Å². The topological polar surface area (TPSA) is 90.1 Å². The molecule has 0 radical (unpaired) electrons. The highest BCUT2D eigenvalue weighted by atomic mass is 32.1. The zero-order chi connectivity index (χ0) is 19.3. The fourth-order valence-corrected chi connectivity index (χ4v) is 4.81. The monoisotopic (exact) mass is 401 g/mol.